The predicted octanol–water partition coefficient (Wildman–Crippen LogP) is 2.52. The molecule has 0 aliphatic carbocycles. The van der Waals surface area contributed by atoms with Crippen LogP contribution in [0.2, 0.25) is 5.28 Å². The van der Waals surface area contributed by atoms with Crippen LogP contribution in [-0.4, -0.2) is 52.6 Å². The Labute approximate surface area is 156 Å². The van der Waals surface area contributed by atoms with Crippen molar-refractivity contribution in [3.63, 3.8) is 0 Å². The first-order valence-corrected chi connectivity index (χ1v) is 8.80. The number of carbonyl (C=O) groups excluding carboxylic acids is 1. The Morgan fingerprint density at radius 2 is 2.08 bits per heavy atom. The van der Waals surface area contributed by atoms with E-state index in [2.05, 4.69) is 20.9 Å². The number of rotatable bonds is 2. The molecule has 2 atom stereocenters. The number of aromatic nitrogens is 2. The average molecular weight is 369 g/mol. The number of nitrogens with zero attached hydrogens (tertiary/aromatic N) is 6. The lowest BCUT2D eigenvalue weighted by Gasteiger charge is -2.38. The van der Waals surface area contributed by atoms with Crippen molar-refractivity contribution in [3.8, 4) is 6.07 Å². The molecule has 132 valence electrons. The number of hydrogen-bond acceptors (Lipinski definition) is 5. The molecule has 0 bridgehead atoms. The second-order valence-electron chi connectivity index (χ2n) is 6.41. The average Bonchev–Trinajstić information content (AvgIpc) is 2.92. The summed E-state index contributed by atoms with van der Waals surface area (Å²) in [5.41, 5.74) is 1.17. The van der Waals surface area contributed by atoms with Crippen LogP contribution in [0.5, 0.6) is 0 Å². The third-order valence-electron chi connectivity index (χ3n) is 5.05. The number of halogens is 1. The third-order valence-corrected chi connectivity index (χ3v) is 5.24. The molecule has 2 saturated heterocycles. The third kappa shape index (κ3) is 2.63. The summed E-state index contributed by atoms with van der Waals surface area (Å²) < 4.78 is 0. The van der Waals surface area contributed by atoms with Gasteiger partial charge in [-0.15, -0.1) is 0 Å². The molecule has 26 heavy (non-hydrogen) atoms. The van der Waals surface area contributed by atoms with Crippen LogP contribution < -0.4 is 9.80 Å². The second kappa shape index (κ2) is 6.46. The van der Waals surface area contributed by atoms with Gasteiger partial charge in [0, 0.05) is 25.8 Å². The van der Waals surface area contributed by atoms with Crippen LogP contribution in [0, 0.1) is 11.3 Å². The van der Waals surface area contributed by atoms with E-state index >= 15 is 0 Å². The maximum absolute atomic E-state index is 13.0. The highest BCUT2D eigenvalue weighted by molar-refractivity contribution is 6.28. The predicted molar refractivity (Wildman–Crippen MR) is 98.2 cm³/mol. The summed E-state index contributed by atoms with van der Waals surface area (Å²) >= 11 is 5.91. The van der Waals surface area contributed by atoms with E-state index in [1.54, 1.807) is 23.2 Å². The number of piperazine rings is 1. The minimum Gasteiger partial charge on any atom is -0.353 e. The number of amides is 2. The van der Waals surface area contributed by atoms with Gasteiger partial charge in [0.1, 0.15) is 11.9 Å². The number of carbonyl (C=O) groups is 1. The standard InChI is InChI=1S/C18H17ClN6O/c1-12-15-11-23(16-6-7-21-17(19)22-16)8-9-24(15)18(26)25(12)14-5-3-2-4-13(14)10-20/h2-7,12,15H,8-9,11H2,1H3. The van der Waals surface area contributed by atoms with Gasteiger partial charge in [0.05, 0.1) is 23.3 Å². The maximum atomic E-state index is 13.0. The lowest BCUT2D eigenvalue weighted by molar-refractivity contribution is 0.195. The zero-order valence-corrected chi connectivity index (χ0v) is 15.0. The molecular weight excluding hydrogens is 352 g/mol. The van der Waals surface area contributed by atoms with Crippen molar-refractivity contribution in [1.82, 2.24) is 14.9 Å². The largest absolute Gasteiger partial charge is 0.353 e. The van der Waals surface area contributed by atoms with Crippen molar-refractivity contribution in [2.24, 2.45) is 0 Å². The Morgan fingerprint density at radius 3 is 2.85 bits per heavy atom. The fourth-order valence-corrected chi connectivity index (χ4v) is 3.90. The van der Waals surface area contributed by atoms with Gasteiger partial charge < -0.3 is 9.80 Å². The van der Waals surface area contributed by atoms with Crippen LogP contribution in [0.1, 0.15) is 12.5 Å². The van der Waals surface area contributed by atoms with Crippen molar-refractivity contribution >= 4 is 29.1 Å². The monoisotopic (exact) mass is 368 g/mol. The van der Waals surface area contributed by atoms with Gasteiger partial charge >= 0.3 is 6.03 Å². The van der Waals surface area contributed by atoms with Crippen molar-refractivity contribution in [2.75, 3.05) is 29.4 Å². The van der Waals surface area contributed by atoms with Crippen LogP contribution in [0.25, 0.3) is 0 Å². The molecule has 2 aliphatic rings. The first-order valence-electron chi connectivity index (χ1n) is 8.42. The fourth-order valence-electron chi connectivity index (χ4n) is 3.76. The van der Waals surface area contributed by atoms with E-state index in [-0.39, 0.29) is 23.4 Å². The lowest BCUT2D eigenvalue weighted by Crippen LogP contribution is -2.53. The number of fused-ring (bicyclic) bond motifs is 1. The van der Waals surface area contributed by atoms with Gasteiger partial charge in [-0.2, -0.15) is 5.26 Å². The van der Waals surface area contributed by atoms with E-state index in [4.69, 9.17) is 11.6 Å². The first-order chi connectivity index (χ1) is 12.6. The number of para-hydroxylation sites is 1. The topological polar surface area (TPSA) is 76.4 Å². The molecule has 0 spiro atoms. The van der Waals surface area contributed by atoms with Gasteiger partial charge in [-0.3, -0.25) is 4.90 Å². The van der Waals surface area contributed by atoms with Crippen molar-refractivity contribution in [3.05, 3.63) is 47.4 Å². The van der Waals surface area contributed by atoms with Crippen LogP contribution in [0.15, 0.2) is 36.5 Å². The fraction of sp³-hybridized carbons (Fsp3) is 0.333. The number of anilines is 2. The Hall–Kier alpha value is -2.85. The molecule has 2 aliphatic heterocycles. The molecule has 1 aromatic heterocycles. The van der Waals surface area contributed by atoms with E-state index in [1.807, 2.05) is 30.0 Å². The van der Waals surface area contributed by atoms with Crippen molar-refractivity contribution < 1.29 is 4.79 Å². The molecule has 2 unspecified atom stereocenters. The summed E-state index contributed by atoms with van der Waals surface area (Å²) in [7, 11) is 0. The molecule has 2 fully saturated rings. The molecule has 1 aromatic carbocycles. The van der Waals surface area contributed by atoms with E-state index in [1.165, 1.54) is 0 Å². The molecule has 3 heterocycles. The summed E-state index contributed by atoms with van der Waals surface area (Å²) in [4.78, 5) is 26.9. The zero-order valence-electron chi connectivity index (χ0n) is 14.2. The minimum absolute atomic E-state index is 0.0109. The van der Waals surface area contributed by atoms with Gasteiger partial charge in [0.2, 0.25) is 5.28 Å². The van der Waals surface area contributed by atoms with Gasteiger partial charge in [0.25, 0.3) is 0 Å². The molecule has 8 heteroatoms. The number of benzene rings is 1. The van der Waals surface area contributed by atoms with Crippen LogP contribution in [-0.2, 0) is 0 Å². The lowest BCUT2D eigenvalue weighted by atomic mass is 10.1. The van der Waals surface area contributed by atoms with Crippen molar-refractivity contribution in [1.29, 1.82) is 5.26 Å². The number of nitriles is 1. The molecule has 4 rings (SSSR count). The molecule has 0 radical (unpaired) electrons. The summed E-state index contributed by atoms with van der Waals surface area (Å²) in [5.74, 6) is 0.764. The van der Waals surface area contributed by atoms with Crippen LogP contribution >= 0.6 is 11.6 Å². The highest BCUT2D eigenvalue weighted by Crippen LogP contribution is 2.33. The number of hydrogen-bond donors (Lipinski definition) is 0. The summed E-state index contributed by atoms with van der Waals surface area (Å²) in [5, 5.41) is 9.60. The van der Waals surface area contributed by atoms with Crippen LogP contribution in [0.3, 0.4) is 0 Å². The second-order valence-corrected chi connectivity index (χ2v) is 6.75. The maximum Gasteiger partial charge on any atom is 0.325 e. The Balaban J connectivity index is 1.63. The van der Waals surface area contributed by atoms with Gasteiger partial charge in [-0.05, 0) is 36.7 Å². The zero-order chi connectivity index (χ0) is 18.3. The molecule has 7 nitrogen and oxygen atoms in total. The molecular formula is C18H17ClN6O. The highest BCUT2D eigenvalue weighted by atomic mass is 35.5. The minimum atomic E-state index is -0.0582. The van der Waals surface area contributed by atoms with Gasteiger partial charge in [-0.1, -0.05) is 12.1 Å². The quantitative estimate of drug-likeness (QED) is 0.761. The molecule has 0 saturated carbocycles. The Bertz CT molecular complexity index is 897. The van der Waals surface area contributed by atoms with E-state index in [9.17, 15) is 10.1 Å². The van der Waals surface area contributed by atoms with E-state index in [0.717, 1.165) is 5.82 Å². The normalized spacial score (nSPS) is 22.3. The Morgan fingerprint density at radius 1 is 1.27 bits per heavy atom. The van der Waals surface area contributed by atoms with Gasteiger partial charge in [0.15, 0.2) is 0 Å². The SMILES string of the molecule is CC1C2CN(c3ccnc(Cl)n3)CCN2C(=O)N1c1ccccc1C#N. The summed E-state index contributed by atoms with van der Waals surface area (Å²) in [6, 6.07) is 11.1. The summed E-state index contributed by atoms with van der Waals surface area (Å²) in [6.45, 7) is 3.95. The summed E-state index contributed by atoms with van der Waals surface area (Å²) in [6.07, 6.45) is 1.63. The van der Waals surface area contributed by atoms with Crippen LogP contribution in [0.4, 0.5) is 16.3 Å². The van der Waals surface area contributed by atoms with Gasteiger partial charge in [-0.25, -0.2) is 14.8 Å². The molecule has 2 amide bonds. The highest BCUT2D eigenvalue weighted by Gasteiger charge is 2.47. The van der Waals surface area contributed by atoms with Crippen molar-refractivity contribution in [2.45, 2.75) is 19.0 Å². The Kier molecular flexibility index (Phi) is 4.13. The molecule has 2 aromatic rings. The smallest absolute Gasteiger partial charge is 0.325 e. The molecule has 0 N–H and O–H groups in total. The number of urea groups is 1. The van der Waals surface area contributed by atoms with E-state index in [0.29, 0.717) is 30.9 Å². The first kappa shape index (κ1) is 16.6. The van der Waals surface area contributed by atoms with E-state index < -0.39 is 0 Å².